The van der Waals surface area contributed by atoms with Gasteiger partial charge in [0.15, 0.2) is 5.78 Å². The van der Waals surface area contributed by atoms with Crippen molar-refractivity contribution in [3.63, 3.8) is 0 Å². The first kappa shape index (κ1) is 12.2. The largest absolute Gasteiger partial charge is 0.303 e. The van der Waals surface area contributed by atoms with Crippen LogP contribution in [0.3, 0.4) is 0 Å². The predicted molar refractivity (Wildman–Crippen MR) is 60.6 cm³/mol. The predicted octanol–water partition coefficient (Wildman–Crippen LogP) is 3.40. The molecule has 0 N–H and O–H groups in total. The van der Waals surface area contributed by atoms with Crippen LogP contribution < -0.4 is 0 Å². The normalized spacial score (nSPS) is 12.2. The Labute approximate surface area is 98.2 Å². The minimum Gasteiger partial charge on any atom is -0.303 e. The molecule has 0 aliphatic rings. The molecular formula is C11H10Cl2O2. The molecule has 0 saturated carbocycles. The fourth-order valence-electron chi connectivity index (χ4n) is 1.23. The van der Waals surface area contributed by atoms with E-state index in [9.17, 15) is 9.59 Å². The van der Waals surface area contributed by atoms with Gasteiger partial charge in [0.1, 0.15) is 6.29 Å². The lowest BCUT2D eigenvalue weighted by Gasteiger charge is -2.07. The van der Waals surface area contributed by atoms with Gasteiger partial charge in [-0.3, -0.25) is 4.79 Å². The van der Waals surface area contributed by atoms with Crippen LogP contribution in [0.15, 0.2) is 18.2 Å². The molecule has 0 saturated heterocycles. The highest BCUT2D eigenvalue weighted by Crippen LogP contribution is 2.21. The maximum absolute atomic E-state index is 11.8. The first-order valence-corrected chi connectivity index (χ1v) is 5.24. The number of carbonyl (C=O) groups excluding carboxylic acids is 2. The van der Waals surface area contributed by atoms with Crippen LogP contribution in [0.2, 0.25) is 10.0 Å². The number of ketones is 1. The number of Topliss-reactive ketones (excluding diaryl/α,β-unsaturated/α-hetero) is 1. The molecule has 0 heterocycles. The van der Waals surface area contributed by atoms with Gasteiger partial charge in [0.2, 0.25) is 0 Å². The van der Waals surface area contributed by atoms with E-state index in [2.05, 4.69) is 0 Å². The second-order valence-corrected chi connectivity index (χ2v) is 4.20. The lowest BCUT2D eigenvalue weighted by Crippen LogP contribution is -2.11. The van der Waals surface area contributed by atoms with Gasteiger partial charge < -0.3 is 4.79 Å². The zero-order valence-electron chi connectivity index (χ0n) is 8.17. The Bertz CT molecular complexity index is 368. The highest BCUT2D eigenvalue weighted by atomic mass is 35.5. The van der Waals surface area contributed by atoms with Crippen molar-refractivity contribution in [2.75, 3.05) is 0 Å². The summed E-state index contributed by atoms with van der Waals surface area (Å²) < 4.78 is 0. The average Bonchev–Trinajstić information content (AvgIpc) is 2.15. The van der Waals surface area contributed by atoms with Crippen molar-refractivity contribution in [3.8, 4) is 0 Å². The van der Waals surface area contributed by atoms with E-state index in [0.717, 1.165) is 6.29 Å². The molecule has 4 heteroatoms. The standard InChI is InChI=1S/C11H10Cl2O2/c1-7(2-3-14)11(15)8-4-9(12)6-10(13)5-8/h3-7H,2H2,1H3. The monoisotopic (exact) mass is 244 g/mol. The number of hydrogen-bond acceptors (Lipinski definition) is 2. The minimum absolute atomic E-state index is 0.119. The fraction of sp³-hybridized carbons (Fsp3) is 0.273. The van der Waals surface area contributed by atoms with Crippen LogP contribution in [-0.4, -0.2) is 12.1 Å². The molecule has 1 unspecified atom stereocenters. The van der Waals surface area contributed by atoms with Gasteiger partial charge in [-0.1, -0.05) is 30.1 Å². The SMILES string of the molecule is CC(CC=O)C(=O)c1cc(Cl)cc(Cl)c1. The number of rotatable bonds is 4. The molecule has 15 heavy (non-hydrogen) atoms. The summed E-state index contributed by atoms with van der Waals surface area (Å²) in [5.74, 6) is -0.455. The van der Waals surface area contributed by atoms with E-state index in [0.29, 0.717) is 15.6 Å². The Kier molecular flexibility index (Phi) is 4.30. The molecule has 0 fully saturated rings. The molecular weight excluding hydrogens is 235 g/mol. The number of carbonyl (C=O) groups is 2. The van der Waals surface area contributed by atoms with Gasteiger partial charge in [0, 0.05) is 27.9 Å². The third-order valence-corrected chi connectivity index (χ3v) is 2.48. The van der Waals surface area contributed by atoms with Crippen LogP contribution in [-0.2, 0) is 4.79 Å². The molecule has 0 aliphatic heterocycles. The quantitative estimate of drug-likeness (QED) is 0.601. The van der Waals surface area contributed by atoms with E-state index in [1.165, 1.54) is 0 Å². The average molecular weight is 245 g/mol. The Morgan fingerprint density at radius 2 is 1.87 bits per heavy atom. The molecule has 0 bridgehead atoms. The van der Waals surface area contributed by atoms with Gasteiger partial charge in [-0.15, -0.1) is 0 Å². The number of hydrogen-bond donors (Lipinski definition) is 0. The zero-order valence-corrected chi connectivity index (χ0v) is 9.68. The van der Waals surface area contributed by atoms with Crippen LogP contribution in [0.25, 0.3) is 0 Å². The van der Waals surface area contributed by atoms with Gasteiger partial charge in [0.05, 0.1) is 0 Å². The van der Waals surface area contributed by atoms with Gasteiger partial charge in [-0.2, -0.15) is 0 Å². The summed E-state index contributed by atoms with van der Waals surface area (Å²) >= 11 is 11.5. The summed E-state index contributed by atoms with van der Waals surface area (Å²) in [5.41, 5.74) is 0.446. The Balaban J connectivity index is 2.95. The van der Waals surface area contributed by atoms with Crippen molar-refractivity contribution in [1.82, 2.24) is 0 Å². The number of aldehydes is 1. The maximum atomic E-state index is 11.8. The summed E-state index contributed by atoms with van der Waals surface area (Å²) in [4.78, 5) is 22.0. The van der Waals surface area contributed by atoms with E-state index in [-0.39, 0.29) is 18.1 Å². The molecule has 0 spiro atoms. The van der Waals surface area contributed by atoms with Crippen molar-refractivity contribution in [2.45, 2.75) is 13.3 Å². The molecule has 0 amide bonds. The third kappa shape index (κ3) is 3.33. The number of benzene rings is 1. The van der Waals surface area contributed by atoms with Gasteiger partial charge in [-0.25, -0.2) is 0 Å². The van der Waals surface area contributed by atoms with Crippen LogP contribution in [0.1, 0.15) is 23.7 Å². The Morgan fingerprint density at radius 1 is 1.33 bits per heavy atom. The van der Waals surface area contributed by atoms with E-state index in [1.807, 2.05) is 0 Å². The van der Waals surface area contributed by atoms with Crippen molar-refractivity contribution in [3.05, 3.63) is 33.8 Å². The maximum Gasteiger partial charge on any atom is 0.166 e. The lowest BCUT2D eigenvalue weighted by molar-refractivity contribution is -0.108. The van der Waals surface area contributed by atoms with Crippen molar-refractivity contribution in [2.24, 2.45) is 5.92 Å². The van der Waals surface area contributed by atoms with E-state index < -0.39 is 0 Å². The first-order valence-electron chi connectivity index (χ1n) is 4.48. The van der Waals surface area contributed by atoms with Crippen LogP contribution in [0.4, 0.5) is 0 Å². The molecule has 0 radical (unpaired) electrons. The lowest BCUT2D eigenvalue weighted by atomic mass is 9.97. The smallest absolute Gasteiger partial charge is 0.166 e. The third-order valence-electron chi connectivity index (χ3n) is 2.04. The van der Waals surface area contributed by atoms with Crippen LogP contribution >= 0.6 is 23.2 Å². The van der Waals surface area contributed by atoms with Gasteiger partial charge in [0.25, 0.3) is 0 Å². The molecule has 0 aliphatic carbocycles. The summed E-state index contributed by atoms with van der Waals surface area (Å²) in [7, 11) is 0. The van der Waals surface area contributed by atoms with Gasteiger partial charge in [-0.05, 0) is 18.2 Å². The fourth-order valence-corrected chi connectivity index (χ4v) is 1.76. The van der Waals surface area contributed by atoms with Gasteiger partial charge >= 0.3 is 0 Å². The highest BCUT2D eigenvalue weighted by Gasteiger charge is 2.15. The molecule has 2 nitrogen and oxygen atoms in total. The van der Waals surface area contributed by atoms with Crippen molar-refractivity contribution < 1.29 is 9.59 Å². The molecule has 1 rings (SSSR count). The van der Waals surface area contributed by atoms with E-state index in [4.69, 9.17) is 23.2 Å². The minimum atomic E-state index is -0.336. The second-order valence-electron chi connectivity index (χ2n) is 3.33. The van der Waals surface area contributed by atoms with Crippen molar-refractivity contribution in [1.29, 1.82) is 0 Å². The Morgan fingerprint density at radius 3 is 2.33 bits per heavy atom. The van der Waals surface area contributed by atoms with Crippen LogP contribution in [0, 0.1) is 5.92 Å². The molecule has 80 valence electrons. The Hall–Kier alpha value is -0.860. The second kappa shape index (κ2) is 5.29. The highest BCUT2D eigenvalue weighted by molar-refractivity contribution is 6.35. The molecule has 1 aromatic carbocycles. The first-order chi connectivity index (χ1) is 7.04. The summed E-state index contributed by atoms with van der Waals surface area (Å²) in [6.07, 6.45) is 0.942. The summed E-state index contributed by atoms with van der Waals surface area (Å²) in [6, 6.07) is 4.67. The molecule has 1 atom stereocenters. The summed E-state index contributed by atoms with van der Waals surface area (Å²) in [6.45, 7) is 1.70. The number of halogens is 2. The van der Waals surface area contributed by atoms with Crippen LogP contribution in [0.5, 0.6) is 0 Å². The molecule has 1 aromatic rings. The summed E-state index contributed by atoms with van der Waals surface area (Å²) in [5, 5.41) is 0.841. The molecule has 0 aromatic heterocycles. The van der Waals surface area contributed by atoms with E-state index >= 15 is 0 Å². The zero-order chi connectivity index (χ0) is 11.4. The van der Waals surface area contributed by atoms with Crippen molar-refractivity contribution >= 4 is 35.3 Å². The van der Waals surface area contributed by atoms with E-state index in [1.54, 1.807) is 25.1 Å². The topological polar surface area (TPSA) is 34.1 Å².